The third-order valence-electron chi connectivity index (χ3n) is 5.74. The Bertz CT molecular complexity index is 1190. The highest BCUT2D eigenvalue weighted by molar-refractivity contribution is 6.05. The van der Waals surface area contributed by atoms with Crippen molar-refractivity contribution in [1.82, 2.24) is 15.5 Å². The molecule has 3 aromatic rings. The molecule has 8 nitrogen and oxygen atoms in total. The van der Waals surface area contributed by atoms with Gasteiger partial charge in [0.25, 0.3) is 11.8 Å². The van der Waals surface area contributed by atoms with Crippen molar-refractivity contribution in [1.29, 1.82) is 0 Å². The lowest BCUT2D eigenvalue weighted by Crippen LogP contribution is -2.31. The molecule has 0 radical (unpaired) electrons. The van der Waals surface area contributed by atoms with Crippen molar-refractivity contribution < 1.29 is 14.1 Å². The molecule has 34 heavy (non-hydrogen) atoms. The minimum absolute atomic E-state index is 0.0366. The van der Waals surface area contributed by atoms with E-state index in [2.05, 4.69) is 25.7 Å². The molecule has 2 aromatic heterocycles. The van der Waals surface area contributed by atoms with Gasteiger partial charge in [0.05, 0.1) is 17.4 Å². The first-order valence-electron chi connectivity index (χ1n) is 11.6. The number of carbonyl (C=O) groups is 2. The Morgan fingerprint density at radius 3 is 2.56 bits per heavy atom. The van der Waals surface area contributed by atoms with Gasteiger partial charge < -0.3 is 20.1 Å². The number of anilines is 2. The van der Waals surface area contributed by atoms with E-state index in [1.165, 1.54) is 0 Å². The zero-order chi connectivity index (χ0) is 24.3. The number of hydrogen-bond acceptors (Lipinski definition) is 6. The number of nitrogens with zero attached hydrogens (tertiary/aromatic N) is 3. The Labute approximate surface area is 199 Å². The SMILES string of the molecule is Cc1ccc(NC(=O)c2cncc(N3CCCC3)c2)cc1-c1cc(C(=O)NCC(C)(C)C)on1. The van der Waals surface area contributed by atoms with Crippen LogP contribution in [0.25, 0.3) is 11.3 Å². The number of amides is 2. The normalized spacial score (nSPS) is 13.7. The molecule has 0 saturated carbocycles. The Balaban J connectivity index is 1.49. The van der Waals surface area contributed by atoms with Crippen molar-refractivity contribution in [2.45, 2.75) is 40.5 Å². The van der Waals surface area contributed by atoms with Crippen molar-refractivity contribution >= 4 is 23.2 Å². The lowest BCUT2D eigenvalue weighted by Gasteiger charge is -2.17. The lowest BCUT2D eigenvalue weighted by atomic mass is 9.97. The average molecular weight is 462 g/mol. The Morgan fingerprint density at radius 2 is 1.82 bits per heavy atom. The summed E-state index contributed by atoms with van der Waals surface area (Å²) in [5, 5.41) is 9.89. The van der Waals surface area contributed by atoms with E-state index < -0.39 is 0 Å². The monoisotopic (exact) mass is 461 g/mol. The second-order valence-corrected chi connectivity index (χ2v) is 9.93. The van der Waals surface area contributed by atoms with Crippen LogP contribution in [0.2, 0.25) is 0 Å². The largest absolute Gasteiger partial charge is 0.370 e. The molecule has 0 bridgehead atoms. The third kappa shape index (κ3) is 5.62. The maximum absolute atomic E-state index is 12.9. The zero-order valence-electron chi connectivity index (χ0n) is 20.1. The first-order valence-corrected chi connectivity index (χ1v) is 11.6. The molecule has 1 aliphatic rings. The van der Waals surface area contributed by atoms with Gasteiger partial charge >= 0.3 is 0 Å². The minimum Gasteiger partial charge on any atom is -0.370 e. The molecule has 2 amide bonds. The summed E-state index contributed by atoms with van der Waals surface area (Å²) in [7, 11) is 0. The number of aryl methyl sites for hydroxylation is 1. The number of hydrogen-bond donors (Lipinski definition) is 2. The smallest absolute Gasteiger partial charge is 0.289 e. The maximum Gasteiger partial charge on any atom is 0.289 e. The summed E-state index contributed by atoms with van der Waals surface area (Å²) >= 11 is 0. The lowest BCUT2D eigenvalue weighted by molar-refractivity contribution is 0.0902. The first-order chi connectivity index (χ1) is 16.2. The number of rotatable bonds is 6. The van der Waals surface area contributed by atoms with E-state index in [-0.39, 0.29) is 23.0 Å². The summed E-state index contributed by atoms with van der Waals surface area (Å²) in [6, 6.07) is 9.07. The summed E-state index contributed by atoms with van der Waals surface area (Å²) in [6.45, 7) is 10.6. The van der Waals surface area contributed by atoms with Crippen molar-refractivity contribution in [2.24, 2.45) is 5.41 Å². The minimum atomic E-state index is -0.304. The fourth-order valence-corrected chi connectivity index (χ4v) is 3.82. The Kier molecular flexibility index (Phi) is 6.68. The number of nitrogens with one attached hydrogen (secondary N) is 2. The van der Waals surface area contributed by atoms with Crippen molar-refractivity contribution in [3.05, 3.63) is 59.6 Å². The number of benzene rings is 1. The molecule has 8 heteroatoms. The number of aromatic nitrogens is 2. The van der Waals surface area contributed by atoms with Crippen LogP contribution in [-0.4, -0.2) is 41.6 Å². The molecular formula is C26H31N5O3. The van der Waals surface area contributed by atoms with Crippen LogP contribution in [0.1, 0.15) is 60.1 Å². The van der Waals surface area contributed by atoms with E-state index in [9.17, 15) is 9.59 Å². The highest BCUT2D eigenvalue weighted by Crippen LogP contribution is 2.27. The van der Waals surface area contributed by atoms with E-state index in [0.29, 0.717) is 23.5 Å². The molecular weight excluding hydrogens is 430 g/mol. The van der Waals surface area contributed by atoms with Gasteiger partial charge in [0, 0.05) is 43.1 Å². The van der Waals surface area contributed by atoms with E-state index in [1.807, 2.05) is 52.0 Å². The second kappa shape index (κ2) is 9.67. The maximum atomic E-state index is 12.9. The molecule has 178 valence electrons. The van der Waals surface area contributed by atoms with Crippen LogP contribution in [0.15, 0.2) is 47.2 Å². The molecule has 1 aliphatic heterocycles. The summed E-state index contributed by atoms with van der Waals surface area (Å²) < 4.78 is 5.29. The first kappa shape index (κ1) is 23.5. The second-order valence-electron chi connectivity index (χ2n) is 9.93. The van der Waals surface area contributed by atoms with Gasteiger partial charge in [-0.3, -0.25) is 14.6 Å². The van der Waals surface area contributed by atoms with Gasteiger partial charge in [0.1, 0.15) is 5.69 Å². The highest BCUT2D eigenvalue weighted by Gasteiger charge is 2.19. The van der Waals surface area contributed by atoms with Crippen molar-refractivity contribution in [3.8, 4) is 11.3 Å². The van der Waals surface area contributed by atoms with Crippen molar-refractivity contribution in [2.75, 3.05) is 29.9 Å². The van der Waals surface area contributed by atoms with Crippen LogP contribution in [0.5, 0.6) is 0 Å². The predicted octanol–water partition coefficient (Wildman–Crippen LogP) is 4.67. The van der Waals surface area contributed by atoms with Crippen LogP contribution in [0.4, 0.5) is 11.4 Å². The van der Waals surface area contributed by atoms with Crippen LogP contribution < -0.4 is 15.5 Å². The van der Waals surface area contributed by atoms with E-state index in [0.717, 1.165) is 42.7 Å². The van der Waals surface area contributed by atoms with Gasteiger partial charge in [0.15, 0.2) is 0 Å². The highest BCUT2D eigenvalue weighted by atomic mass is 16.5. The Morgan fingerprint density at radius 1 is 1.06 bits per heavy atom. The molecule has 0 atom stereocenters. The third-order valence-corrected chi connectivity index (χ3v) is 5.74. The molecule has 0 unspecified atom stereocenters. The molecule has 2 N–H and O–H groups in total. The van der Waals surface area contributed by atoms with Crippen LogP contribution >= 0.6 is 0 Å². The molecule has 0 spiro atoms. The predicted molar refractivity (Wildman–Crippen MR) is 132 cm³/mol. The van der Waals surface area contributed by atoms with E-state index in [1.54, 1.807) is 18.5 Å². The summed E-state index contributed by atoms with van der Waals surface area (Å²) in [5.74, 6) is -0.384. The molecule has 4 rings (SSSR count). The van der Waals surface area contributed by atoms with Gasteiger partial charge in [-0.2, -0.15) is 0 Å². The fraction of sp³-hybridized carbons (Fsp3) is 0.385. The molecule has 1 aromatic carbocycles. The van der Waals surface area contributed by atoms with Gasteiger partial charge in [-0.05, 0) is 48.9 Å². The van der Waals surface area contributed by atoms with Gasteiger partial charge in [0.2, 0.25) is 5.76 Å². The molecule has 3 heterocycles. The standard InChI is InChI=1S/C26H31N5O3/c1-17-7-8-19(29-24(32)18-11-20(15-27-14-18)31-9-5-6-10-31)12-21(17)22-13-23(34-30-22)25(33)28-16-26(2,3)4/h7-8,11-15H,5-6,9-10,16H2,1-4H3,(H,28,33)(H,29,32). The van der Waals surface area contributed by atoms with Gasteiger partial charge in [-0.15, -0.1) is 0 Å². The summed E-state index contributed by atoms with van der Waals surface area (Å²) in [4.78, 5) is 31.8. The van der Waals surface area contributed by atoms with Crippen LogP contribution in [-0.2, 0) is 0 Å². The quantitative estimate of drug-likeness (QED) is 0.553. The average Bonchev–Trinajstić information content (AvgIpc) is 3.51. The van der Waals surface area contributed by atoms with E-state index >= 15 is 0 Å². The van der Waals surface area contributed by atoms with E-state index in [4.69, 9.17) is 4.52 Å². The van der Waals surface area contributed by atoms with Gasteiger partial charge in [-0.1, -0.05) is 32.0 Å². The molecule has 0 aliphatic carbocycles. The topological polar surface area (TPSA) is 100 Å². The number of carbonyl (C=O) groups excluding carboxylic acids is 2. The summed E-state index contributed by atoms with van der Waals surface area (Å²) in [6.07, 6.45) is 5.69. The fourth-order valence-electron chi connectivity index (χ4n) is 3.82. The van der Waals surface area contributed by atoms with Gasteiger partial charge in [-0.25, -0.2) is 0 Å². The molecule has 1 saturated heterocycles. The van der Waals surface area contributed by atoms with Crippen LogP contribution in [0.3, 0.4) is 0 Å². The Hall–Kier alpha value is -3.68. The number of pyridine rings is 1. The van der Waals surface area contributed by atoms with Crippen LogP contribution in [0, 0.1) is 12.3 Å². The van der Waals surface area contributed by atoms with Crippen molar-refractivity contribution in [3.63, 3.8) is 0 Å². The zero-order valence-corrected chi connectivity index (χ0v) is 20.1. The summed E-state index contributed by atoms with van der Waals surface area (Å²) in [5.41, 5.74) is 4.32. The molecule has 1 fully saturated rings.